The van der Waals surface area contributed by atoms with Crippen molar-refractivity contribution in [2.24, 2.45) is 0 Å². The monoisotopic (exact) mass is 408 g/mol. The maximum Gasteiger partial charge on any atom is 0.249 e. The molecule has 0 bridgehead atoms. The van der Waals surface area contributed by atoms with E-state index in [0.717, 1.165) is 11.3 Å². The average molecular weight is 408 g/mol. The molecule has 0 spiro atoms. The van der Waals surface area contributed by atoms with Crippen LogP contribution in [0.3, 0.4) is 0 Å². The van der Waals surface area contributed by atoms with Crippen molar-refractivity contribution in [3.63, 3.8) is 0 Å². The van der Waals surface area contributed by atoms with Crippen LogP contribution in [0.25, 0.3) is 6.08 Å². The van der Waals surface area contributed by atoms with Gasteiger partial charge in [-0.25, -0.2) is 0 Å². The minimum absolute atomic E-state index is 0.504. The SMILES string of the molecule is C=Cc1ccc(OCCOCCOCCOCCOCCC2(C)OC=CO2)cc1. The van der Waals surface area contributed by atoms with Crippen LogP contribution in [0.1, 0.15) is 18.9 Å². The topological polar surface area (TPSA) is 64.6 Å². The van der Waals surface area contributed by atoms with Gasteiger partial charge in [0.15, 0.2) is 0 Å². The molecule has 0 aromatic heterocycles. The van der Waals surface area contributed by atoms with Crippen molar-refractivity contribution in [2.75, 3.05) is 59.5 Å². The Morgan fingerprint density at radius 1 is 0.759 bits per heavy atom. The molecular formula is C22H32O7. The van der Waals surface area contributed by atoms with Gasteiger partial charge in [0, 0.05) is 13.3 Å². The molecule has 162 valence electrons. The van der Waals surface area contributed by atoms with Crippen molar-refractivity contribution in [3.8, 4) is 5.75 Å². The lowest BCUT2D eigenvalue weighted by Crippen LogP contribution is -2.27. The van der Waals surface area contributed by atoms with E-state index in [2.05, 4.69) is 6.58 Å². The van der Waals surface area contributed by atoms with Crippen molar-refractivity contribution < 1.29 is 33.2 Å². The van der Waals surface area contributed by atoms with Crippen LogP contribution in [0.4, 0.5) is 0 Å². The van der Waals surface area contributed by atoms with Gasteiger partial charge in [0.1, 0.15) is 24.9 Å². The third-order valence-corrected chi connectivity index (χ3v) is 4.12. The minimum atomic E-state index is -0.597. The van der Waals surface area contributed by atoms with E-state index < -0.39 is 5.79 Å². The molecule has 0 fully saturated rings. The molecule has 0 radical (unpaired) electrons. The molecule has 0 saturated heterocycles. The summed E-state index contributed by atoms with van der Waals surface area (Å²) in [6.45, 7) is 10.4. The summed E-state index contributed by atoms with van der Waals surface area (Å²) < 4.78 is 38.1. The highest BCUT2D eigenvalue weighted by Gasteiger charge is 2.28. The van der Waals surface area contributed by atoms with Crippen molar-refractivity contribution >= 4 is 6.08 Å². The average Bonchev–Trinajstić information content (AvgIpc) is 3.18. The maximum atomic E-state index is 5.59. The lowest BCUT2D eigenvalue weighted by molar-refractivity contribution is -0.141. The molecule has 7 nitrogen and oxygen atoms in total. The summed E-state index contributed by atoms with van der Waals surface area (Å²) in [6.07, 6.45) is 5.56. The van der Waals surface area contributed by atoms with Crippen molar-refractivity contribution in [2.45, 2.75) is 19.1 Å². The first kappa shape index (κ1) is 23.2. The number of rotatable bonds is 17. The molecule has 1 aromatic carbocycles. The van der Waals surface area contributed by atoms with Crippen LogP contribution in [0.15, 0.2) is 43.4 Å². The van der Waals surface area contributed by atoms with E-state index in [0.29, 0.717) is 65.9 Å². The summed E-state index contributed by atoms with van der Waals surface area (Å²) in [4.78, 5) is 0. The smallest absolute Gasteiger partial charge is 0.249 e. The minimum Gasteiger partial charge on any atom is -0.491 e. The fourth-order valence-electron chi connectivity index (χ4n) is 2.43. The summed E-state index contributed by atoms with van der Waals surface area (Å²) in [7, 11) is 0. The third kappa shape index (κ3) is 10.3. The van der Waals surface area contributed by atoms with Crippen molar-refractivity contribution in [1.29, 1.82) is 0 Å². The standard InChI is InChI=1S/C22H32O7/c1-3-20-4-6-21(7-5-20)27-17-16-26-15-14-25-13-12-24-11-10-23-9-8-22(2)28-18-19-29-22/h3-7,18-19H,1,8-17H2,2H3. The largest absolute Gasteiger partial charge is 0.491 e. The van der Waals surface area contributed by atoms with E-state index in [-0.39, 0.29) is 0 Å². The summed E-state index contributed by atoms with van der Waals surface area (Å²) in [5.41, 5.74) is 1.07. The van der Waals surface area contributed by atoms with Crippen molar-refractivity contribution in [3.05, 3.63) is 48.9 Å². The lowest BCUT2D eigenvalue weighted by Gasteiger charge is -2.22. The fraction of sp³-hybridized carbons (Fsp3) is 0.545. The van der Waals surface area contributed by atoms with Crippen LogP contribution in [0, 0.1) is 0 Å². The van der Waals surface area contributed by atoms with Crippen LogP contribution in [0.2, 0.25) is 0 Å². The number of hydrogen-bond donors (Lipinski definition) is 0. The van der Waals surface area contributed by atoms with Gasteiger partial charge in [0.05, 0.1) is 52.9 Å². The Bertz CT molecular complexity index is 577. The quantitative estimate of drug-likeness (QED) is 0.366. The highest BCUT2D eigenvalue weighted by Crippen LogP contribution is 2.23. The van der Waals surface area contributed by atoms with Gasteiger partial charge in [0.2, 0.25) is 5.79 Å². The Kier molecular flexibility index (Phi) is 11.2. The highest BCUT2D eigenvalue weighted by molar-refractivity contribution is 5.48. The van der Waals surface area contributed by atoms with E-state index in [1.165, 1.54) is 0 Å². The summed E-state index contributed by atoms with van der Waals surface area (Å²) in [5.74, 6) is 0.225. The van der Waals surface area contributed by atoms with Crippen LogP contribution >= 0.6 is 0 Å². The van der Waals surface area contributed by atoms with E-state index in [9.17, 15) is 0 Å². The first-order chi connectivity index (χ1) is 14.2. The Morgan fingerprint density at radius 3 is 1.76 bits per heavy atom. The molecule has 1 aromatic rings. The predicted molar refractivity (Wildman–Crippen MR) is 110 cm³/mol. The molecule has 0 atom stereocenters. The first-order valence-corrected chi connectivity index (χ1v) is 9.89. The summed E-state index contributed by atoms with van der Waals surface area (Å²) >= 11 is 0. The number of benzene rings is 1. The van der Waals surface area contributed by atoms with E-state index in [1.54, 1.807) is 18.6 Å². The maximum absolute atomic E-state index is 5.59. The molecule has 0 unspecified atom stereocenters. The molecule has 0 N–H and O–H groups in total. The highest BCUT2D eigenvalue weighted by atomic mass is 16.7. The zero-order valence-corrected chi connectivity index (χ0v) is 17.2. The molecule has 29 heavy (non-hydrogen) atoms. The van der Waals surface area contributed by atoms with E-state index in [1.807, 2.05) is 31.2 Å². The van der Waals surface area contributed by atoms with Gasteiger partial charge in [-0.3, -0.25) is 0 Å². The van der Waals surface area contributed by atoms with Gasteiger partial charge < -0.3 is 33.2 Å². The number of ether oxygens (including phenoxy) is 7. The van der Waals surface area contributed by atoms with Gasteiger partial charge in [-0.05, 0) is 17.7 Å². The molecule has 1 aliphatic heterocycles. The van der Waals surface area contributed by atoms with E-state index >= 15 is 0 Å². The van der Waals surface area contributed by atoms with Gasteiger partial charge in [-0.15, -0.1) is 0 Å². The van der Waals surface area contributed by atoms with Gasteiger partial charge in [0.25, 0.3) is 0 Å². The Balaban J connectivity index is 1.28. The molecule has 0 aliphatic carbocycles. The second-order valence-corrected chi connectivity index (χ2v) is 6.46. The molecule has 2 rings (SSSR count). The Hall–Kier alpha value is -2.06. The molecular weight excluding hydrogens is 376 g/mol. The Labute approximate surface area is 173 Å². The summed E-state index contributed by atoms with van der Waals surface area (Å²) in [6, 6.07) is 7.76. The molecule has 0 saturated carbocycles. The second-order valence-electron chi connectivity index (χ2n) is 6.46. The molecule has 1 aliphatic rings. The second kappa shape index (κ2) is 14.0. The van der Waals surface area contributed by atoms with Gasteiger partial charge in [-0.1, -0.05) is 24.8 Å². The zero-order chi connectivity index (χ0) is 20.6. The predicted octanol–water partition coefficient (Wildman–Crippen LogP) is 3.40. The van der Waals surface area contributed by atoms with E-state index in [4.69, 9.17) is 33.2 Å². The van der Waals surface area contributed by atoms with Crippen LogP contribution in [-0.2, 0) is 28.4 Å². The molecule has 1 heterocycles. The van der Waals surface area contributed by atoms with Crippen LogP contribution in [-0.4, -0.2) is 65.2 Å². The lowest BCUT2D eigenvalue weighted by atomic mass is 10.2. The normalized spacial score (nSPS) is 14.4. The molecule has 7 heteroatoms. The van der Waals surface area contributed by atoms with Crippen LogP contribution in [0.5, 0.6) is 5.75 Å². The van der Waals surface area contributed by atoms with Gasteiger partial charge >= 0.3 is 0 Å². The zero-order valence-electron chi connectivity index (χ0n) is 17.2. The third-order valence-electron chi connectivity index (χ3n) is 4.12. The van der Waals surface area contributed by atoms with Crippen LogP contribution < -0.4 is 4.74 Å². The molecule has 0 amide bonds. The van der Waals surface area contributed by atoms with Crippen molar-refractivity contribution in [1.82, 2.24) is 0 Å². The fourth-order valence-corrected chi connectivity index (χ4v) is 2.43. The first-order valence-electron chi connectivity index (χ1n) is 9.89. The van der Waals surface area contributed by atoms with Gasteiger partial charge in [-0.2, -0.15) is 0 Å². The Morgan fingerprint density at radius 2 is 1.24 bits per heavy atom. The summed E-state index contributed by atoms with van der Waals surface area (Å²) in [5, 5.41) is 0. The number of hydrogen-bond acceptors (Lipinski definition) is 7.